The zero-order chi connectivity index (χ0) is 25.1. The number of fused-ring (bicyclic) bond motifs is 1. The molecule has 3 heterocycles. The summed E-state index contributed by atoms with van der Waals surface area (Å²) in [4.78, 5) is 19.2. The molecule has 1 saturated heterocycles. The normalized spacial score (nSPS) is 33.7. The molecule has 1 spiro atoms. The van der Waals surface area contributed by atoms with Gasteiger partial charge in [0.05, 0.1) is 17.1 Å². The molecule has 2 bridgehead atoms. The van der Waals surface area contributed by atoms with Crippen molar-refractivity contribution in [3.8, 4) is 11.5 Å². The maximum Gasteiger partial charge on any atom is 0.268 e. The van der Waals surface area contributed by atoms with Gasteiger partial charge in [-0.05, 0) is 86.9 Å². The fourth-order valence-electron chi connectivity index (χ4n) is 8.10. The van der Waals surface area contributed by atoms with Crippen LogP contribution in [0.5, 0.6) is 11.5 Å². The Morgan fingerprint density at radius 1 is 1.19 bits per heavy atom. The second kappa shape index (κ2) is 7.43. The Morgan fingerprint density at radius 3 is 2.89 bits per heavy atom. The standard InChI is InChI=1S/C29H30ClN3O4/c30-18-4-5-19-17(11-18)12-21(31-19)27(35)32-20-7-8-29(36)23-13-16-3-6-22(34)25-24(16)28(29,26(20)37-25)9-10-33(23)14-15-1-2-15/h3-6,11-12,15,20,23,26,31,34,36H,1-2,7-10,13-14H2,(H,32,35)/t20-,23-,26+,28+,29-/m1/s1. The number of amides is 1. The quantitative estimate of drug-likeness (QED) is 0.419. The Bertz CT molecular complexity index is 1470. The minimum absolute atomic E-state index is 0.0195. The lowest BCUT2D eigenvalue weighted by Gasteiger charge is -2.64. The molecule has 192 valence electrons. The molecule has 3 aromatic rings. The third kappa shape index (κ3) is 2.93. The molecule has 1 amide bonds. The third-order valence-electron chi connectivity index (χ3n) is 9.91. The van der Waals surface area contributed by atoms with Crippen LogP contribution in [0.1, 0.15) is 53.7 Å². The number of aromatic hydroxyl groups is 1. The largest absolute Gasteiger partial charge is 0.504 e. The molecule has 5 aliphatic rings. The van der Waals surface area contributed by atoms with Gasteiger partial charge >= 0.3 is 0 Å². The molecule has 0 unspecified atom stereocenters. The van der Waals surface area contributed by atoms with Crippen molar-refractivity contribution in [2.45, 2.75) is 67.7 Å². The number of likely N-dealkylation sites (tertiary alicyclic amines) is 1. The molecule has 7 nitrogen and oxygen atoms in total. The van der Waals surface area contributed by atoms with Gasteiger partial charge in [-0.1, -0.05) is 17.7 Å². The van der Waals surface area contributed by atoms with Crippen molar-refractivity contribution in [2.24, 2.45) is 5.92 Å². The van der Waals surface area contributed by atoms with Gasteiger partial charge in [0.25, 0.3) is 5.91 Å². The molecule has 37 heavy (non-hydrogen) atoms. The number of piperidine rings is 1. The molecule has 8 heteroatoms. The number of halogens is 1. The topological polar surface area (TPSA) is 97.8 Å². The average molecular weight is 520 g/mol. The van der Waals surface area contributed by atoms with E-state index in [2.05, 4.69) is 15.2 Å². The van der Waals surface area contributed by atoms with Gasteiger partial charge in [-0.15, -0.1) is 0 Å². The van der Waals surface area contributed by atoms with E-state index in [-0.39, 0.29) is 23.7 Å². The van der Waals surface area contributed by atoms with Crippen LogP contribution >= 0.6 is 11.6 Å². The van der Waals surface area contributed by atoms with Gasteiger partial charge in [0.1, 0.15) is 11.8 Å². The molecule has 1 aromatic heterocycles. The van der Waals surface area contributed by atoms with Gasteiger partial charge in [0.2, 0.25) is 0 Å². The molecule has 3 fully saturated rings. The number of phenolic OH excluding ortho intramolecular Hbond substituents is 1. The maximum atomic E-state index is 13.4. The molecular formula is C29H30ClN3O4. The van der Waals surface area contributed by atoms with Crippen molar-refractivity contribution in [3.05, 3.63) is 58.2 Å². The van der Waals surface area contributed by atoms with Crippen molar-refractivity contribution in [3.63, 3.8) is 0 Å². The van der Waals surface area contributed by atoms with Crippen molar-refractivity contribution in [2.75, 3.05) is 13.1 Å². The highest BCUT2D eigenvalue weighted by atomic mass is 35.5. The lowest BCUT2D eigenvalue weighted by molar-refractivity contribution is -0.191. The highest BCUT2D eigenvalue weighted by molar-refractivity contribution is 6.31. The second-order valence-corrected chi connectivity index (χ2v) is 12.3. The van der Waals surface area contributed by atoms with Gasteiger partial charge in [0.15, 0.2) is 11.5 Å². The molecule has 2 aliphatic heterocycles. The number of benzene rings is 2. The first-order valence-corrected chi connectivity index (χ1v) is 13.8. The molecule has 5 atom stereocenters. The van der Waals surface area contributed by atoms with Crippen molar-refractivity contribution < 1.29 is 19.7 Å². The van der Waals surface area contributed by atoms with E-state index in [0.29, 0.717) is 29.3 Å². The van der Waals surface area contributed by atoms with E-state index in [9.17, 15) is 15.0 Å². The number of hydrogen-bond donors (Lipinski definition) is 4. The van der Waals surface area contributed by atoms with E-state index < -0.39 is 17.1 Å². The Hall–Kier alpha value is -2.74. The number of H-pyrrole nitrogens is 1. The monoisotopic (exact) mass is 519 g/mol. The first-order valence-electron chi connectivity index (χ1n) is 13.4. The van der Waals surface area contributed by atoms with E-state index in [4.69, 9.17) is 16.3 Å². The SMILES string of the molecule is O=C(N[C@@H]1CC[C@@]2(O)[C@H]3Cc4ccc(O)c5c4[C@@]2(CCN3CC2CC2)[C@H]1O5)c1cc2cc(Cl)ccc2[nH]1. The lowest BCUT2D eigenvalue weighted by Crippen LogP contribution is -2.78. The van der Waals surface area contributed by atoms with Crippen LogP contribution in [-0.2, 0) is 11.8 Å². The number of rotatable bonds is 4. The predicted octanol–water partition coefficient (Wildman–Crippen LogP) is 3.89. The zero-order valence-corrected chi connectivity index (χ0v) is 21.2. The number of carbonyl (C=O) groups is 1. The Balaban J connectivity index is 1.17. The fraction of sp³-hybridized carbons (Fsp3) is 0.483. The van der Waals surface area contributed by atoms with Gasteiger partial charge in [-0.3, -0.25) is 9.69 Å². The van der Waals surface area contributed by atoms with Crippen molar-refractivity contribution in [1.29, 1.82) is 0 Å². The molecule has 2 saturated carbocycles. The number of aromatic nitrogens is 1. The minimum Gasteiger partial charge on any atom is -0.504 e. The van der Waals surface area contributed by atoms with Crippen LogP contribution < -0.4 is 10.1 Å². The lowest BCUT2D eigenvalue weighted by atomic mass is 9.48. The maximum absolute atomic E-state index is 13.4. The number of aromatic amines is 1. The van der Waals surface area contributed by atoms with E-state index in [1.807, 2.05) is 24.3 Å². The van der Waals surface area contributed by atoms with E-state index in [1.165, 1.54) is 12.8 Å². The number of nitrogens with one attached hydrogen (secondary N) is 2. The number of ether oxygens (including phenoxy) is 1. The predicted molar refractivity (Wildman–Crippen MR) is 139 cm³/mol. The van der Waals surface area contributed by atoms with Crippen LogP contribution in [0.15, 0.2) is 36.4 Å². The van der Waals surface area contributed by atoms with Gasteiger partial charge in [-0.2, -0.15) is 0 Å². The fourth-order valence-corrected chi connectivity index (χ4v) is 8.28. The summed E-state index contributed by atoms with van der Waals surface area (Å²) in [6, 6.07) is 10.8. The molecule has 4 N–H and O–H groups in total. The van der Waals surface area contributed by atoms with Crippen molar-refractivity contribution >= 4 is 28.4 Å². The molecule has 8 rings (SSSR count). The molecule has 0 radical (unpaired) electrons. The summed E-state index contributed by atoms with van der Waals surface area (Å²) in [6.07, 6.45) is 4.82. The first kappa shape index (κ1) is 22.3. The van der Waals surface area contributed by atoms with Crippen LogP contribution in [-0.4, -0.2) is 62.9 Å². The average Bonchev–Trinajstić information content (AvgIpc) is 3.46. The van der Waals surface area contributed by atoms with Crippen molar-refractivity contribution in [1.82, 2.24) is 15.2 Å². The molecule has 3 aliphatic carbocycles. The number of aliphatic hydroxyl groups is 1. The summed E-state index contributed by atoms with van der Waals surface area (Å²) in [6.45, 7) is 1.93. The number of nitrogens with zero attached hydrogens (tertiary/aromatic N) is 1. The summed E-state index contributed by atoms with van der Waals surface area (Å²) in [5.41, 5.74) is 1.84. The summed E-state index contributed by atoms with van der Waals surface area (Å²) >= 11 is 6.14. The van der Waals surface area contributed by atoms with Gasteiger partial charge < -0.3 is 25.3 Å². The number of carbonyl (C=O) groups excluding carboxylic acids is 1. The highest BCUT2D eigenvalue weighted by Gasteiger charge is 2.73. The Morgan fingerprint density at radius 2 is 2.05 bits per heavy atom. The number of phenols is 1. The Kier molecular flexibility index (Phi) is 4.47. The minimum atomic E-state index is -0.962. The summed E-state index contributed by atoms with van der Waals surface area (Å²) in [7, 11) is 0. The van der Waals surface area contributed by atoms with Crippen LogP contribution in [0, 0.1) is 5.92 Å². The van der Waals surface area contributed by atoms with Crippen LogP contribution in [0.4, 0.5) is 0 Å². The molecular weight excluding hydrogens is 490 g/mol. The van der Waals surface area contributed by atoms with E-state index >= 15 is 0 Å². The summed E-state index contributed by atoms with van der Waals surface area (Å²) in [5, 5.41) is 28.1. The van der Waals surface area contributed by atoms with Gasteiger partial charge in [0, 0.05) is 34.1 Å². The second-order valence-electron chi connectivity index (χ2n) is 11.8. The van der Waals surface area contributed by atoms with Crippen LogP contribution in [0.25, 0.3) is 10.9 Å². The van der Waals surface area contributed by atoms with Gasteiger partial charge in [-0.25, -0.2) is 0 Å². The van der Waals surface area contributed by atoms with Crippen LogP contribution in [0.2, 0.25) is 5.02 Å². The third-order valence-corrected chi connectivity index (χ3v) is 10.1. The first-order chi connectivity index (χ1) is 17.9. The smallest absolute Gasteiger partial charge is 0.268 e. The zero-order valence-electron chi connectivity index (χ0n) is 20.5. The highest BCUT2D eigenvalue weighted by Crippen LogP contribution is 2.65. The summed E-state index contributed by atoms with van der Waals surface area (Å²) < 4.78 is 6.56. The molecule has 2 aromatic carbocycles. The van der Waals surface area contributed by atoms with E-state index in [0.717, 1.165) is 53.9 Å². The van der Waals surface area contributed by atoms with E-state index in [1.54, 1.807) is 12.1 Å². The summed E-state index contributed by atoms with van der Waals surface area (Å²) in [5.74, 6) is 1.14. The Labute approximate surface area is 219 Å². The van der Waals surface area contributed by atoms with Crippen LogP contribution in [0.3, 0.4) is 0 Å². The number of hydrogen-bond acceptors (Lipinski definition) is 5.